The van der Waals surface area contributed by atoms with Gasteiger partial charge in [-0.2, -0.15) is 4.98 Å². The Morgan fingerprint density at radius 3 is 2.68 bits per heavy atom. The molecule has 0 bridgehead atoms. The van der Waals surface area contributed by atoms with Gasteiger partial charge in [-0.1, -0.05) is 11.6 Å². The Kier molecular flexibility index (Phi) is 4.84. The van der Waals surface area contributed by atoms with Crippen LogP contribution in [0.25, 0.3) is 11.6 Å². The number of carbonyl (C=O) groups is 1. The van der Waals surface area contributed by atoms with Crippen LogP contribution in [0.15, 0.2) is 22.9 Å². The summed E-state index contributed by atoms with van der Waals surface area (Å²) >= 11 is 0. The third-order valence-corrected chi connectivity index (χ3v) is 6.47. The first-order valence-corrected chi connectivity index (χ1v) is 10.4. The SMILES string of the molecule is O=C(C1CCC1)N1CCC(c2noc(-c3cc(C4CCOC4)ccn3)n2)CC1. The van der Waals surface area contributed by atoms with Gasteiger partial charge in [-0.15, -0.1) is 0 Å². The Morgan fingerprint density at radius 1 is 1.11 bits per heavy atom. The van der Waals surface area contributed by atoms with Crippen molar-refractivity contribution in [1.29, 1.82) is 0 Å². The van der Waals surface area contributed by atoms with E-state index in [1.165, 1.54) is 12.0 Å². The molecule has 1 amide bonds. The van der Waals surface area contributed by atoms with E-state index in [1.807, 2.05) is 17.0 Å². The number of piperidine rings is 1. The molecule has 5 rings (SSSR count). The summed E-state index contributed by atoms with van der Waals surface area (Å²) in [7, 11) is 0. The molecule has 1 saturated carbocycles. The summed E-state index contributed by atoms with van der Waals surface area (Å²) in [5, 5.41) is 4.22. The number of rotatable bonds is 4. The highest BCUT2D eigenvalue weighted by atomic mass is 16.5. The molecule has 2 aromatic rings. The fourth-order valence-electron chi connectivity index (χ4n) is 4.39. The molecule has 148 valence electrons. The highest BCUT2D eigenvalue weighted by Gasteiger charge is 2.33. The zero-order valence-electron chi connectivity index (χ0n) is 16.0. The molecule has 1 atom stereocenters. The fraction of sp³-hybridized carbons (Fsp3) is 0.619. The van der Waals surface area contributed by atoms with Gasteiger partial charge in [0.25, 0.3) is 5.89 Å². The number of nitrogens with zero attached hydrogens (tertiary/aromatic N) is 4. The van der Waals surface area contributed by atoms with E-state index in [0.717, 1.165) is 69.9 Å². The molecule has 2 aromatic heterocycles. The van der Waals surface area contributed by atoms with E-state index in [-0.39, 0.29) is 11.8 Å². The van der Waals surface area contributed by atoms with Gasteiger partial charge in [-0.3, -0.25) is 9.78 Å². The molecule has 28 heavy (non-hydrogen) atoms. The van der Waals surface area contributed by atoms with Gasteiger partial charge >= 0.3 is 0 Å². The van der Waals surface area contributed by atoms with E-state index in [2.05, 4.69) is 15.1 Å². The summed E-state index contributed by atoms with van der Waals surface area (Å²) in [6.45, 7) is 3.16. The van der Waals surface area contributed by atoms with Crippen molar-refractivity contribution in [2.45, 2.75) is 50.4 Å². The molecule has 0 N–H and O–H groups in total. The van der Waals surface area contributed by atoms with Crippen molar-refractivity contribution in [3.05, 3.63) is 29.7 Å². The molecule has 1 unspecified atom stereocenters. The van der Waals surface area contributed by atoms with Crippen LogP contribution < -0.4 is 0 Å². The first kappa shape index (κ1) is 17.8. The molecule has 7 nitrogen and oxygen atoms in total. The Bertz CT molecular complexity index is 834. The van der Waals surface area contributed by atoms with Gasteiger partial charge in [0.15, 0.2) is 5.82 Å². The summed E-state index contributed by atoms with van der Waals surface area (Å²) in [4.78, 5) is 23.5. The van der Waals surface area contributed by atoms with Crippen LogP contribution in [0.4, 0.5) is 0 Å². The second kappa shape index (κ2) is 7.62. The number of aromatic nitrogens is 3. The molecule has 2 aliphatic heterocycles. The van der Waals surface area contributed by atoms with Gasteiger partial charge in [0.1, 0.15) is 5.69 Å². The lowest BCUT2D eigenvalue weighted by Gasteiger charge is -2.35. The maximum atomic E-state index is 12.4. The molecule has 3 aliphatic rings. The zero-order chi connectivity index (χ0) is 18.9. The van der Waals surface area contributed by atoms with Gasteiger partial charge in [-0.05, 0) is 49.8 Å². The lowest BCUT2D eigenvalue weighted by molar-refractivity contribution is -0.139. The van der Waals surface area contributed by atoms with Gasteiger partial charge in [0.05, 0.1) is 6.61 Å². The standard InChI is InChI=1S/C21H26N4O3/c26-21(15-2-1-3-15)25-9-5-14(6-10-25)19-23-20(28-24-19)18-12-16(4-8-22-18)17-7-11-27-13-17/h4,8,12,14-15,17H,1-3,5-7,9-11,13H2. The highest BCUT2D eigenvalue weighted by molar-refractivity contribution is 5.79. The van der Waals surface area contributed by atoms with Crippen molar-refractivity contribution in [1.82, 2.24) is 20.0 Å². The Labute approximate surface area is 164 Å². The van der Waals surface area contributed by atoms with Crippen molar-refractivity contribution >= 4 is 5.91 Å². The van der Waals surface area contributed by atoms with E-state index in [4.69, 9.17) is 9.26 Å². The summed E-state index contributed by atoms with van der Waals surface area (Å²) in [5.41, 5.74) is 1.94. The van der Waals surface area contributed by atoms with Gasteiger partial charge in [0.2, 0.25) is 5.91 Å². The molecule has 2 saturated heterocycles. The topological polar surface area (TPSA) is 81.4 Å². The summed E-state index contributed by atoms with van der Waals surface area (Å²) in [6, 6.07) is 4.07. The molecular weight excluding hydrogens is 356 g/mol. The summed E-state index contributed by atoms with van der Waals surface area (Å²) in [5.74, 6) is 2.49. The van der Waals surface area contributed by atoms with Crippen molar-refractivity contribution in [2.75, 3.05) is 26.3 Å². The number of hydrogen-bond acceptors (Lipinski definition) is 6. The minimum Gasteiger partial charge on any atom is -0.381 e. The lowest BCUT2D eigenvalue weighted by Crippen LogP contribution is -2.43. The Balaban J connectivity index is 1.24. The fourth-order valence-corrected chi connectivity index (χ4v) is 4.39. The third-order valence-electron chi connectivity index (χ3n) is 6.47. The van der Waals surface area contributed by atoms with Crippen LogP contribution in [0, 0.1) is 5.92 Å². The van der Waals surface area contributed by atoms with E-state index in [9.17, 15) is 4.79 Å². The molecule has 0 aromatic carbocycles. The maximum absolute atomic E-state index is 12.4. The number of carbonyl (C=O) groups excluding carboxylic acids is 1. The summed E-state index contributed by atoms with van der Waals surface area (Å²) < 4.78 is 11.0. The van der Waals surface area contributed by atoms with E-state index >= 15 is 0 Å². The molecule has 0 spiro atoms. The highest BCUT2D eigenvalue weighted by Crippen LogP contribution is 2.33. The number of ether oxygens (including phenoxy) is 1. The first-order valence-electron chi connectivity index (χ1n) is 10.4. The van der Waals surface area contributed by atoms with Crippen LogP contribution >= 0.6 is 0 Å². The second-order valence-corrected chi connectivity index (χ2v) is 8.22. The second-order valence-electron chi connectivity index (χ2n) is 8.22. The Hall–Kier alpha value is -2.28. The normalized spacial score (nSPS) is 23.7. The van der Waals surface area contributed by atoms with Gasteiger partial charge < -0.3 is 14.2 Å². The van der Waals surface area contributed by atoms with Crippen LogP contribution in [-0.2, 0) is 9.53 Å². The van der Waals surface area contributed by atoms with Crippen LogP contribution in [-0.4, -0.2) is 52.2 Å². The van der Waals surface area contributed by atoms with Crippen LogP contribution in [0.5, 0.6) is 0 Å². The smallest absolute Gasteiger partial charge is 0.276 e. The first-order chi connectivity index (χ1) is 13.8. The van der Waals surface area contributed by atoms with Crippen molar-refractivity contribution in [3.63, 3.8) is 0 Å². The number of likely N-dealkylation sites (tertiary alicyclic amines) is 1. The predicted molar refractivity (Wildman–Crippen MR) is 102 cm³/mol. The van der Waals surface area contributed by atoms with Crippen LogP contribution in [0.3, 0.4) is 0 Å². The third kappa shape index (κ3) is 3.43. The van der Waals surface area contributed by atoms with Crippen molar-refractivity contribution in [3.8, 4) is 11.6 Å². The predicted octanol–water partition coefficient (Wildman–Crippen LogP) is 3.14. The average Bonchev–Trinajstić information content (AvgIpc) is 3.39. The molecule has 3 fully saturated rings. The number of hydrogen-bond donors (Lipinski definition) is 0. The van der Waals surface area contributed by atoms with Crippen LogP contribution in [0.2, 0.25) is 0 Å². The largest absolute Gasteiger partial charge is 0.381 e. The molecule has 4 heterocycles. The van der Waals surface area contributed by atoms with E-state index < -0.39 is 0 Å². The number of pyridine rings is 1. The van der Waals surface area contributed by atoms with Gasteiger partial charge in [-0.25, -0.2) is 0 Å². The van der Waals surface area contributed by atoms with E-state index in [0.29, 0.717) is 17.7 Å². The van der Waals surface area contributed by atoms with Crippen molar-refractivity contribution in [2.24, 2.45) is 5.92 Å². The minimum absolute atomic E-state index is 0.245. The maximum Gasteiger partial charge on any atom is 0.276 e. The van der Waals surface area contributed by atoms with Crippen molar-refractivity contribution < 1.29 is 14.1 Å². The lowest BCUT2D eigenvalue weighted by atomic mass is 9.83. The number of amides is 1. The minimum atomic E-state index is 0.245. The zero-order valence-corrected chi connectivity index (χ0v) is 16.0. The van der Waals surface area contributed by atoms with Crippen LogP contribution in [0.1, 0.15) is 61.7 Å². The molecule has 0 radical (unpaired) electrons. The van der Waals surface area contributed by atoms with E-state index in [1.54, 1.807) is 6.20 Å². The molecule has 1 aliphatic carbocycles. The summed E-state index contributed by atoms with van der Waals surface area (Å²) in [6.07, 6.45) is 7.95. The molecule has 7 heteroatoms. The van der Waals surface area contributed by atoms with Gasteiger partial charge in [0, 0.05) is 43.6 Å². The average molecular weight is 382 g/mol. The quantitative estimate of drug-likeness (QED) is 0.808. The monoisotopic (exact) mass is 382 g/mol. The Morgan fingerprint density at radius 2 is 1.96 bits per heavy atom. The molecular formula is C21H26N4O3.